The van der Waals surface area contributed by atoms with Crippen molar-refractivity contribution in [3.63, 3.8) is 0 Å². The minimum atomic E-state index is -0.827. The van der Waals surface area contributed by atoms with Crippen molar-refractivity contribution in [2.24, 2.45) is 17.1 Å². The number of nitrogens with two attached hydrogens (primary N) is 1. The molecule has 5 nitrogen and oxygen atoms in total. The molecule has 1 heterocycles. The molecule has 3 atom stereocenters. The molecule has 0 spiro atoms. The fraction of sp³-hybridized carbons (Fsp3) is 0.938. The zero-order chi connectivity index (χ0) is 15.7. The highest BCUT2D eigenvalue weighted by Crippen LogP contribution is 2.49. The predicted octanol–water partition coefficient (Wildman–Crippen LogP) is 1.87. The second-order valence-corrected chi connectivity index (χ2v) is 7.05. The molecule has 0 aromatic rings. The van der Waals surface area contributed by atoms with Gasteiger partial charge in [0, 0.05) is 37.7 Å². The van der Waals surface area contributed by atoms with Crippen LogP contribution in [-0.4, -0.2) is 43.4 Å². The van der Waals surface area contributed by atoms with Crippen LogP contribution in [0, 0.1) is 11.3 Å². The summed E-state index contributed by atoms with van der Waals surface area (Å²) in [7, 11) is 0. The average Bonchev–Trinajstić information content (AvgIpc) is 2.47. The molecule has 0 radical (unpaired) electrons. The lowest BCUT2D eigenvalue weighted by Crippen LogP contribution is -2.76. The topological polar surface area (TPSA) is 73.6 Å². The van der Waals surface area contributed by atoms with E-state index in [2.05, 4.69) is 12.2 Å². The van der Waals surface area contributed by atoms with E-state index in [-0.39, 0.29) is 35.9 Å². The molecular weight excluding hydrogens is 304 g/mol. The summed E-state index contributed by atoms with van der Waals surface area (Å²) in [6.45, 7) is 10.3. The van der Waals surface area contributed by atoms with Crippen molar-refractivity contribution in [1.82, 2.24) is 5.32 Å². The van der Waals surface area contributed by atoms with Crippen LogP contribution in [0.3, 0.4) is 0 Å². The molecule has 0 bridgehead atoms. The molecule has 2 fully saturated rings. The van der Waals surface area contributed by atoms with E-state index in [0.717, 1.165) is 26.1 Å². The predicted molar refractivity (Wildman–Crippen MR) is 89.1 cm³/mol. The van der Waals surface area contributed by atoms with E-state index in [1.165, 1.54) is 0 Å². The number of halogens is 1. The Morgan fingerprint density at radius 2 is 2.00 bits per heavy atom. The number of carbonyl (C=O) groups is 1. The third-order valence-corrected chi connectivity index (χ3v) is 5.57. The molecule has 3 unspecified atom stereocenters. The molecule has 1 aliphatic heterocycles. The van der Waals surface area contributed by atoms with Crippen LogP contribution in [0.5, 0.6) is 0 Å². The van der Waals surface area contributed by atoms with Crippen LogP contribution in [0.2, 0.25) is 0 Å². The van der Waals surface area contributed by atoms with Crippen molar-refractivity contribution in [3.05, 3.63) is 0 Å². The Balaban J connectivity index is 0.00000242. The van der Waals surface area contributed by atoms with Gasteiger partial charge >= 0.3 is 0 Å². The molecule has 2 rings (SSSR count). The van der Waals surface area contributed by atoms with E-state index < -0.39 is 5.54 Å². The Hall–Kier alpha value is -0.360. The van der Waals surface area contributed by atoms with Crippen LogP contribution < -0.4 is 11.1 Å². The second kappa shape index (κ2) is 7.47. The van der Waals surface area contributed by atoms with Gasteiger partial charge in [-0.1, -0.05) is 13.8 Å². The standard InChI is InChI=1S/C16H30N2O3.ClH/c1-5-21-13-10-16(17,15(13,3)4)14(19)18-11(2)12-6-8-20-9-7-12;/h11-13H,5-10,17H2,1-4H3,(H,18,19);1H. The van der Waals surface area contributed by atoms with E-state index in [1.807, 2.05) is 20.8 Å². The maximum atomic E-state index is 12.6. The summed E-state index contributed by atoms with van der Waals surface area (Å²) in [6, 6.07) is 0.142. The normalized spacial score (nSPS) is 32.5. The van der Waals surface area contributed by atoms with Crippen molar-refractivity contribution in [3.8, 4) is 0 Å². The molecule has 22 heavy (non-hydrogen) atoms. The third kappa shape index (κ3) is 3.42. The van der Waals surface area contributed by atoms with E-state index in [1.54, 1.807) is 0 Å². The summed E-state index contributed by atoms with van der Waals surface area (Å²) < 4.78 is 11.1. The van der Waals surface area contributed by atoms with Gasteiger partial charge in [-0.3, -0.25) is 4.79 Å². The molecule has 130 valence electrons. The number of rotatable bonds is 5. The average molecular weight is 335 g/mol. The summed E-state index contributed by atoms with van der Waals surface area (Å²) in [5.74, 6) is 0.444. The maximum Gasteiger partial charge on any atom is 0.241 e. The van der Waals surface area contributed by atoms with Gasteiger partial charge in [0.05, 0.1) is 6.10 Å². The number of ether oxygens (including phenoxy) is 2. The molecule has 3 N–H and O–H groups in total. The first-order chi connectivity index (χ1) is 9.83. The summed E-state index contributed by atoms with van der Waals surface area (Å²) in [6.07, 6.45) is 2.67. The van der Waals surface area contributed by atoms with Crippen LogP contribution in [0.25, 0.3) is 0 Å². The van der Waals surface area contributed by atoms with Crippen LogP contribution in [0.15, 0.2) is 0 Å². The molecule has 1 amide bonds. The highest BCUT2D eigenvalue weighted by atomic mass is 35.5. The number of hydrogen-bond donors (Lipinski definition) is 2. The fourth-order valence-corrected chi connectivity index (χ4v) is 3.49. The van der Waals surface area contributed by atoms with Gasteiger partial charge in [-0.05, 0) is 32.6 Å². The van der Waals surface area contributed by atoms with Crippen molar-refractivity contribution in [2.45, 2.75) is 64.6 Å². The lowest BCUT2D eigenvalue weighted by atomic mass is 9.54. The Kier molecular flexibility index (Phi) is 6.69. The second-order valence-electron chi connectivity index (χ2n) is 7.05. The molecule has 0 aromatic carbocycles. The van der Waals surface area contributed by atoms with Gasteiger partial charge in [0.25, 0.3) is 0 Å². The van der Waals surface area contributed by atoms with Gasteiger partial charge in [0.15, 0.2) is 0 Å². The van der Waals surface area contributed by atoms with Crippen LogP contribution in [-0.2, 0) is 14.3 Å². The van der Waals surface area contributed by atoms with Crippen molar-refractivity contribution >= 4 is 18.3 Å². The molecule has 1 saturated heterocycles. The molecule has 2 aliphatic rings. The zero-order valence-electron chi connectivity index (χ0n) is 14.2. The van der Waals surface area contributed by atoms with E-state index in [4.69, 9.17) is 15.2 Å². The highest BCUT2D eigenvalue weighted by Gasteiger charge is 2.63. The highest BCUT2D eigenvalue weighted by molar-refractivity contribution is 5.89. The summed E-state index contributed by atoms with van der Waals surface area (Å²) in [5, 5.41) is 3.14. The number of carbonyl (C=O) groups excluding carboxylic acids is 1. The van der Waals surface area contributed by atoms with Crippen molar-refractivity contribution in [1.29, 1.82) is 0 Å². The molecule has 0 aromatic heterocycles. The Bertz CT molecular complexity index is 386. The van der Waals surface area contributed by atoms with Gasteiger partial charge in [-0.15, -0.1) is 12.4 Å². The smallest absolute Gasteiger partial charge is 0.241 e. The van der Waals surface area contributed by atoms with E-state index >= 15 is 0 Å². The van der Waals surface area contributed by atoms with Gasteiger partial charge in [0.2, 0.25) is 5.91 Å². The Labute approximate surface area is 140 Å². The van der Waals surface area contributed by atoms with Crippen molar-refractivity contribution < 1.29 is 14.3 Å². The van der Waals surface area contributed by atoms with E-state index in [9.17, 15) is 4.79 Å². The number of amides is 1. The van der Waals surface area contributed by atoms with Gasteiger partial charge in [-0.25, -0.2) is 0 Å². The first kappa shape index (κ1) is 19.7. The molecule has 1 aliphatic carbocycles. The first-order valence-electron chi connectivity index (χ1n) is 8.12. The quantitative estimate of drug-likeness (QED) is 0.805. The zero-order valence-corrected chi connectivity index (χ0v) is 15.0. The Morgan fingerprint density at radius 1 is 1.41 bits per heavy atom. The van der Waals surface area contributed by atoms with Crippen LogP contribution >= 0.6 is 12.4 Å². The number of nitrogens with one attached hydrogen (secondary N) is 1. The maximum absolute atomic E-state index is 12.6. The van der Waals surface area contributed by atoms with Crippen molar-refractivity contribution in [2.75, 3.05) is 19.8 Å². The van der Waals surface area contributed by atoms with E-state index in [0.29, 0.717) is 18.9 Å². The lowest BCUT2D eigenvalue weighted by molar-refractivity contribution is -0.171. The summed E-state index contributed by atoms with van der Waals surface area (Å²) in [5.41, 5.74) is 5.25. The number of hydrogen-bond acceptors (Lipinski definition) is 4. The lowest BCUT2D eigenvalue weighted by Gasteiger charge is -2.57. The van der Waals surface area contributed by atoms with Crippen LogP contribution in [0.1, 0.15) is 47.0 Å². The van der Waals surface area contributed by atoms with Gasteiger partial charge in [0.1, 0.15) is 5.54 Å². The monoisotopic (exact) mass is 334 g/mol. The molecule has 6 heteroatoms. The van der Waals surface area contributed by atoms with Gasteiger partial charge in [-0.2, -0.15) is 0 Å². The molecule has 1 saturated carbocycles. The largest absolute Gasteiger partial charge is 0.381 e. The summed E-state index contributed by atoms with van der Waals surface area (Å²) >= 11 is 0. The Morgan fingerprint density at radius 3 is 2.50 bits per heavy atom. The first-order valence-corrected chi connectivity index (χ1v) is 8.12. The fourth-order valence-electron chi connectivity index (χ4n) is 3.49. The summed E-state index contributed by atoms with van der Waals surface area (Å²) in [4.78, 5) is 12.6. The van der Waals surface area contributed by atoms with Gasteiger partial charge < -0.3 is 20.5 Å². The minimum Gasteiger partial charge on any atom is -0.381 e. The van der Waals surface area contributed by atoms with Crippen LogP contribution in [0.4, 0.5) is 0 Å². The molecular formula is C16H31ClN2O3. The minimum absolute atomic E-state index is 0. The SMILES string of the molecule is CCOC1CC(N)(C(=O)NC(C)C2CCOCC2)C1(C)C.Cl. The third-order valence-electron chi connectivity index (χ3n) is 5.57.